The Morgan fingerprint density at radius 3 is 2.45 bits per heavy atom. The minimum atomic E-state index is -0.757. The standard InChI is InChI=1S/C22H20N2O5/c1-3-4-11-28-22(26)20-21(25)17-10-9-16(12-18(17)19(13-23)24-20)29-15-7-5-14(27-2)6-8-15/h5-10,12,25H,3-4,11H2,1-2H3. The number of nitrogens with zero attached hydrogens (tertiary/aromatic N) is 2. The van der Waals surface area contributed by atoms with E-state index in [-0.39, 0.29) is 23.7 Å². The van der Waals surface area contributed by atoms with Crippen LogP contribution in [-0.2, 0) is 4.74 Å². The molecule has 0 aliphatic carbocycles. The highest BCUT2D eigenvalue weighted by molar-refractivity contribution is 6.01. The van der Waals surface area contributed by atoms with Gasteiger partial charge in [-0.2, -0.15) is 5.26 Å². The minimum absolute atomic E-state index is 0.000391. The maximum absolute atomic E-state index is 12.2. The van der Waals surface area contributed by atoms with Gasteiger partial charge in [0.15, 0.2) is 11.4 Å². The van der Waals surface area contributed by atoms with Gasteiger partial charge in [-0.15, -0.1) is 0 Å². The molecule has 0 atom stereocenters. The summed E-state index contributed by atoms with van der Waals surface area (Å²) in [6, 6.07) is 13.8. The van der Waals surface area contributed by atoms with E-state index in [1.165, 1.54) is 0 Å². The molecule has 0 aliphatic heterocycles. The normalized spacial score (nSPS) is 10.4. The predicted octanol–water partition coefficient (Wildman–Crippen LogP) is 4.57. The lowest BCUT2D eigenvalue weighted by Gasteiger charge is -2.11. The summed E-state index contributed by atoms with van der Waals surface area (Å²) < 4.78 is 16.0. The van der Waals surface area contributed by atoms with Crippen LogP contribution in [0, 0.1) is 11.3 Å². The Morgan fingerprint density at radius 1 is 1.10 bits per heavy atom. The van der Waals surface area contributed by atoms with Gasteiger partial charge in [0.25, 0.3) is 0 Å². The summed E-state index contributed by atoms with van der Waals surface area (Å²) in [5, 5.41) is 20.7. The van der Waals surface area contributed by atoms with Crippen molar-refractivity contribution in [1.29, 1.82) is 5.26 Å². The van der Waals surface area contributed by atoms with Gasteiger partial charge in [-0.1, -0.05) is 13.3 Å². The molecule has 2 aromatic carbocycles. The highest BCUT2D eigenvalue weighted by Gasteiger charge is 2.21. The summed E-state index contributed by atoms with van der Waals surface area (Å²) in [5.41, 5.74) is -0.269. The molecule has 0 saturated carbocycles. The van der Waals surface area contributed by atoms with Crippen LogP contribution in [-0.4, -0.2) is 29.8 Å². The second-order valence-corrected chi connectivity index (χ2v) is 6.24. The van der Waals surface area contributed by atoms with Crippen LogP contribution in [0.3, 0.4) is 0 Å². The van der Waals surface area contributed by atoms with Crippen molar-refractivity contribution < 1.29 is 24.1 Å². The SMILES string of the molecule is CCCCOC(=O)c1nc(C#N)c2cc(Oc3ccc(OC)cc3)ccc2c1O. The van der Waals surface area contributed by atoms with Crippen LogP contribution in [0.25, 0.3) is 10.8 Å². The summed E-state index contributed by atoms with van der Waals surface area (Å²) in [4.78, 5) is 16.2. The topological polar surface area (TPSA) is 102 Å². The zero-order chi connectivity index (χ0) is 20.8. The average molecular weight is 392 g/mol. The number of benzene rings is 2. The van der Waals surface area contributed by atoms with Gasteiger partial charge in [0.2, 0.25) is 0 Å². The smallest absolute Gasteiger partial charge is 0.360 e. The van der Waals surface area contributed by atoms with Crippen LogP contribution in [0.4, 0.5) is 0 Å². The fourth-order valence-electron chi connectivity index (χ4n) is 2.73. The number of aromatic nitrogens is 1. The number of ether oxygens (including phenoxy) is 3. The van der Waals surface area contributed by atoms with Crippen LogP contribution in [0.5, 0.6) is 23.0 Å². The summed E-state index contributed by atoms with van der Waals surface area (Å²) in [5.74, 6) is 0.662. The first-order valence-corrected chi connectivity index (χ1v) is 9.13. The molecule has 7 nitrogen and oxygen atoms in total. The number of aromatic hydroxyl groups is 1. The van der Waals surface area contributed by atoms with E-state index in [0.29, 0.717) is 34.4 Å². The second kappa shape index (κ2) is 8.93. The molecule has 148 valence electrons. The van der Waals surface area contributed by atoms with Crippen LogP contribution < -0.4 is 9.47 Å². The van der Waals surface area contributed by atoms with Gasteiger partial charge < -0.3 is 19.3 Å². The van der Waals surface area contributed by atoms with Crippen LogP contribution in [0.15, 0.2) is 42.5 Å². The molecule has 0 radical (unpaired) electrons. The number of rotatable bonds is 7. The molecule has 0 unspecified atom stereocenters. The van der Waals surface area contributed by atoms with Crippen molar-refractivity contribution in [2.75, 3.05) is 13.7 Å². The Hall–Kier alpha value is -3.79. The molecule has 0 saturated heterocycles. The summed E-state index contributed by atoms with van der Waals surface area (Å²) in [7, 11) is 1.58. The number of methoxy groups -OCH3 is 1. The van der Waals surface area contributed by atoms with Gasteiger partial charge >= 0.3 is 5.97 Å². The number of carbonyl (C=O) groups is 1. The number of hydrogen-bond donors (Lipinski definition) is 1. The van der Waals surface area contributed by atoms with Gasteiger partial charge in [0, 0.05) is 10.8 Å². The molecule has 3 rings (SSSR count). The van der Waals surface area contributed by atoms with Gasteiger partial charge in [0.1, 0.15) is 29.0 Å². The molecular formula is C22H20N2O5. The first-order chi connectivity index (χ1) is 14.1. The quantitative estimate of drug-likeness (QED) is 0.464. The highest BCUT2D eigenvalue weighted by atomic mass is 16.5. The van der Waals surface area contributed by atoms with Crippen molar-refractivity contribution >= 4 is 16.7 Å². The van der Waals surface area contributed by atoms with Crippen LogP contribution >= 0.6 is 0 Å². The second-order valence-electron chi connectivity index (χ2n) is 6.24. The zero-order valence-electron chi connectivity index (χ0n) is 16.1. The lowest BCUT2D eigenvalue weighted by atomic mass is 10.1. The van der Waals surface area contributed by atoms with Crippen LogP contribution in [0.2, 0.25) is 0 Å². The third-order valence-corrected chi connectivity index (χ3v) is 4.27. The zero-order valence-corrected chi connectivity index (χ0v) is 16.1. The number of unbranched alkanes of at least 4 members (excludes halogenated alkanes) is 1. The summed E-state index contributed by atoms with van der Waals surface area (Å²) in [6.07, 6.45) is 1.57. The van der Waals surface area contributed by atoms with E-state index in [0.717, 1.165) is 6.42 Å². The number of hydrogen-bond acceptors (Lipinski definition) is 7. The lowest BCUT2D eigenvalue weighted by molar-refractivity contribution is 0.0489. The molecular weight excluding hydrogens is 372 g/mol. The first-order valence-electron chi connectivity index (χ1n) is 9.13. The molecule has 1 heterocycles. The predicted molar refractivity (Wildman–Crippen MR) is 106 cm³/mol. The van der Waals surface area contributed by atoms with Crippen molar-refractivity contribution in [3.05, 3.63) is 53.9 Å². The maximum Gasteiger partial charge on any atom is 0.360 e. The van der Waals surface area contributed by atoms with E-state index in [1.807, 2.05) is 13.0 Å². The third-order valence-electron chi connectivity index (χ3n) is 4.27. The van der Waals surface area contributed by atoms with E-state index in [2.05, 4.69) is 4.98 Å². The van der Waals surface area contributed by atoms with E-state index < -0.39 is 5.97 Å². The minimum Gasteiger partial charge on any atom is -0.505 e. The monoisotopic (exact) mass is 392 g/mol. The Morgan fingerprint density at radius 2 is 1.79 bits per heavy atom. The average Bonchev–Trinajstić information content (AvgIpc) is 2.74. The van der Waals surface area contributed by atoms with Gasteiger partial charge in [-0.3, -0.25) is 0 Å². The van der Waals surface area contributed by atoms with Crippen molar-refractivity contribution in [2.24, 2.45) is 0 Å². The van der Waals surface area contributed by atoms with Crippen molar-refractivity contribution in [1.82, 2.24) is 4.98 Å². The number of fused-ring (bicyclic) bond motifs is 1. The molecule has 1 N–H and O–H groups in total. The van der Waals surface area contributed by atoms with Crippen molar-refractivity contribution in [2.45, 2.75) is 19.8 Å². The largest absolute Gasteiger partial charge is 0.505 e. The fourth-order valence-corrected chi connectivity index (χ4v) is 2.73. The maximum atomic E-state index is 12.2. The summed E-state index contributed by atoms with van der Waals surface area (Å²) in [6.45, 7) is 2.20. The molecule has 29 heavy (non-hydrogen) atoms. The molecule has 0 aliphatic rings. The van der Waals surface area contributed by atoms with E-state index >= 15 is 0 Å². The van der Waals surface area contributed by atoms with Gasteiger partial charge in [-0.05, 0) is 48.9 Å². The molecule has 1 aromatic heterocycles. The molecule has 0 amide bonds. The van der Waals surface area contributed by atoms with E-state index in [4.69, 9.17) is 14.2 Å². The number of esters is 1. The van der Waals surface area contributed by atoms with Crippen molar-refractivity contribution in [3.63, 3.8) is 0 Å². The third kappa shape index (κ3) is 4.38. The molecule has 0 spiro atoms. The number of pyridine rings is 1. The van der Waals surface area contributed by atoms with Crippen molar-refractivity contribution in [3.8, 4) is 29.1 Å². The first kappa shape index (κ1) is 20.0. The number of carbonyl (C=O) groups excluding carboxylic acids is 1. The molecule has 7 heteroatoms. The van der Waals surface area contributed by atoms with E-state index in [1.54, 1.807) is 49.6 Å². The Kier molecular flexibility index (Phi) is 6.15. The fraction of sp³-hybridized carbons (Fsp3) is 0.227. The van der Waals surface area contributed by atoms with Crippen LogP contribution in [0.1, 0.15) is 35.9 Å². The summed E-state index contributed by atoms with van der Waals surface area (Å²) >= 11 is 0. The molecule has 0 fully saturated rings. The Bertz CT molecular complexity index is 1070. The highest BCUT2D eigenvalue weighted by Crippen LogP contribution is 2.34. The van der Waals surface area contributed by atoms with Gasteiger partial charge in [-0.25, -0.2) is 9.78 Å². The number of nitriles is 1. The Labute approximate surface area is 168 Å². The van der Waals surface area contributed by atoms with Gasteiger partial charge in [0.05, 0.1) is 13.7 Å². The molecule has 3 aromatic rings. The lowest BCUT2D eigenvalue weighted by Crippen LogP contribution is -2.10. The van der Waals surface area contributed by atoms with E-state index in [9.17, 15) is 15.2 Å². The Balaban J connectivity index is 1.94. The molecule has 0 bridgehead atoms.